The third-order valence-electron chi connectivity index (χ3n) is 2.26. The molecule has 0 aromatic rings. The number of hydrogen-bond donors (Lipinski definition) is 3. The number of aliphatic carboxylic acids is 1. The van der Waals surface area contributed by atoms with Crippen LogP contribution in [-0.2, 0) is 9.59 Å². The molecule has 0 aliphatic heterocycles. The molecule has 4 N–H and O–H groups in total. The summed E-state index contributed by atoms with van der Waals surface area (Å²) in [5, 5.41) is 11.6. The van der Waals surface area contributed by atoms with Gasteiger partial charge in [-0.05, 0) is 19.1 Å². The monoisotopic (exact) mass is 248 g/mol. The van der Waals surface area contributed by atoms with E-state index >= 15 is 0 Å². The number of rotatable bonds is 8. The summed E-state index contributed by atoms with van der Waals surface area (Å²) >= 11 is 1.74. The third-order valence-corrected chi connectivity index (χ3v) is 3.30. The fourth-order valence-corrected chi connectivity index (χ4v) is 1.41. The zero-order valence-electron chi connectivity index (χ0n) is 9.73. The molecule has 0 aromatic carbocycles. The predicted octanol–water partition coefficient (Wildman–Crippen LogP) is 0.436. The first-order valence-electron chi connectivity index (χ1n) is 5.25. The summed E-state index contributed by atoms with van der Waals surface area (Å²) in [6, 6.07) is -0.722. The lowest BCUT2D eigenvalue weighted by atomic mass is 10.1. The van der Waals surface area contributed by atoms with Gasteiger partial charge in [-0.3, -0.25) is 9.59 Å². The van der Waals surface area contributed by atoms with Crippen molar-refractivity contribution in [3.05, 3.63) is 0 Å². The molecule has 0 spiro atoms. The number of nitrogens with two attached hydrogens (primary N) is 1. The first-order chi connectivity index (χ1) is 7.47. The Labute approximate surface area is 100 Å². The van der Waals surface area contributed by atoms with Gasteiger partial charge in [0.05, 0.1) is 6.04 Å². The predicted molar refractivity (Wildman–Crippen MR) is 65.4 cm³/mol. The lowest BCUT2D eigenvalue weighted by molar-refractivity contribution is -0.137. The lowest BCUT2D eigenvalue weighted by Crippen LogP contribution is -2.41. The maximum atomic E-state index is 11.4. The first kappa shape index (κ1) is 15.2. The number of carboxylic acids is 1. The minimum Gasteiger partial charge on any atom is -0.481 e. The van der Waals surface area contributed by atoms with E-state index in [0.717, 1.165) is 6.42 Å². The number of thioether (sulfide) groups is 1. The maximum Gasteiger partial charge on any atom is 0.303 e. The Morgan fingerprint density at radius 2 is 2.06 bits per heavy atom. The highest BCUT2D eigenvalue weighted by atomic mass is 32.2. The summed E-state index contributed by atoms with van der Waals surface area (Å²) < 4.78 is 0. The molecule has 0 heterocycles. The minimum atomic E-state index is -0.931. The highest BCUT2D eigenvalue weighted by Crippen LogP contribution is 2.07. The fraction of sp³-hybridized carbons (Fsp3) is 0.800. The van der Waals surface area contributed by atoms with Gasteiger partial charge in [0.25, 0.3) is 0 Å². The smallest absolute Gasteiger partial charge is 0.303 e. The van der Waals surface area contributed by atoms with Crippen molar-refractivity contribution in [1.29, 1.82) is 0 Å². The van der Waals surface area contributed by atoms with Crippen molar-refractivity contribution in [1.82, 2.24) is 5.32 Å². The van der Waals surface area contributed by atoms with E-state index < -0.39 is 12.0 Å². The molecule has 2 atom stereocenters. The van der Waals surface area contributed by atoms with Gasteiger partial charge in [0.2, 0.25) is 5.91 Å². The topological polar surface area (TPSA) is 92.4 Å². The molecular formula is C10H20N2O3S. The highest BCUT2D eigenvalue weighted by Gasteiger charge is 2.14. The van der Waals surface area contributed by atoms with Gasteiger partial charge < -0.3 is 16.2 Å². The number of carbonyl (C=O) groups is 2. The van der Waals surface area contributed by atoms with Gasteiger partial charge in [0.1, 0.15) is 0 Å². The molecule has 0 aliphatic carbocycles. The van der Waals surface area contributed by atoms with E-state index in [4.69, 9.17) is 10.8 Å². The lowest BCUT2D eigenvalue weighted by Gasteiger charge is -2.12. The number of carbonyl (C=O) groups excluding carboxylic acids is 1. The molecule has 6 heteroatoms. The molecule has 16 heavy (non-hydrogen) atoms. The van der Waals surface area contributed by atoms with Crippen molar-refractivity contribution in [2.75, 3.05) is 12.8 Å². The minimum absolute atomic E-state index is 0.0736. The van der Waals surface area contributed by atoms with Crippen molar-refractivity contribution in [2.45, 2.75) is 37.5 Å². The van der Waals surface area contributed by atoms with Crippen LogP contribution in [0.15, 0.2) is 0 Å². The Balaban J connectivity index is 3.67. The number of carboxylic acid groups (broad SMARTS) is 1. The molecular weight excluding hydrogens is 228 g/mol. The van der Waals surface area contributed by atoms with Crippen molar-refractivity contribution < 1.29 is 14.7 Å². The van der Waals surface area contributed by atoms with E-state index in [1.54, 1.807) is 11.8 Å². The van der Waals surface area contributed by atoms with Gasteiger partial charge in [0.15, 0.2) is 0 Å². The molecule has 94 valence electrons. The molecule has 2 unspecified atom stereocenters. The third kappa shape index (κ3) is 7.53. The van der Waals surface area contributed by atoms with Crippen LogP contribution in [0.4, 0.5) is 0 Å². The molecule has 0 fully saturated rings. The van der Waals surface area contributed by atoms with Crippen LogP contribution < -0.4 is 11.1 Å². The second kappa shape index (κ2) is 8.41. The number of hydrogen-bond acceptors (Lipinski definition) is 4. The quantitative estimate of drug-likeness (QED) is 0.579. The van der Waals surface area contributed by atoms with Crippen LogP contribution in [0.2, 0.25) is 0 Å². The van der Waals surface area contributed by atoms with E-state index in [0.29, 0.717) is 11.8 Å². The van der Waals surface area contributed by atoms with E-state index in [1.807, 2.05) is 6.26 Å². The van der Waals surface area contributed by atoms with Gasteiger partial charge in [-0.25, -0.2) is 0 Å². The molecule has 0 aromatic heterocycles. The fourth-order valence-electron chi connectivity index (χ4n) is 1.06. The molecule has 5 nitrogen and oxygen atoms in total. The van der Waals surface area contributed by atoms with E-state index in [-0.39, 0.29) is 18.7 Å². The Morgan fingerprint density at radius 1 is 1.44 bits per heavy atom. The van der Waals surface area contributed by atoms with Crippen molar-refractivity contribution in [3.63, 3.8) is 0 Å². The Morgan fingerprint density at radius 3 is 2.56 bits per heavy atom. The summed E-state index contributed by atoms with van der Waals surface area (Å²) in [5.74, 6) is -1.20. The van der Waals surface area contributed by atoms with Crippen LogP contribution in [0.1, 0.15) is 26.2 Å². The van der Waals surface area contributed by atoms with Gasteiger partial charge in [0, 0.05) is 18.2 Å². The summed E-state index contributed by atoms with van der Waals surface area (Å²) in [5.41, 5.74) is 5.53. The van der Waals surface area contributed by atoms with Gasteiger partial charge in [-0.1, -0.05) is 6.92 Å². The average molecular weight is 248 g/mol. The van der Waals surface area contributed by atoms with E-state index in [2.05, 4.69) is 12.2 Å². The van der Waals surface area contributed by atoms with Gasteiger partial charge >= 0.3 is 5.97 Å². The summed E-state index contributed by atoms with van der Waals surface area (Å²) in [6.45, 7) is 2.67. The van der Waals surface area contributed by atoms with E-state index in [9.17, 15) is 9.59 Å². The molecule has 0 saturated carbocycles. The zero-order chi connectivity index (χ0) is 12.6. The van der Waals surface area contributed by atoms with Crippen molar-refractivity contribution >= 4 is 23.6 Å². The average Bonchev–Trinajstić information content (AvgIpc) is 2.25. The molecule has 0 saturated heterocycles. The van der Waals surface area contributed by atoms with Crippen molar-refractivity contribution in [2.24, 2.45) is 5.73 Å². The van der Waals surface area contributed by atoms with Crippen LogP contribution >= 0.6 is 11.8 Å². The first-order valence-corrected chi connectivity index (χ1v) is 6.54. The zero-order valence-corrected chi connectivity index (χ0v) is 10.5. The normalized spacial score (nSPS) is 14.2. The SMILES string of the molecule is CSC(C)CCNC(=O)C(N)CCC(=O)O. The van der Waals surface area contributed by atoms with Crippen LogP contribution in [0.25, 0.3) is 0 Å². The Hall–Kier alpha value is -0.750. The van der Waals surface area contributed by atoms with Crippen LogP contribution in [-0.4, -0.2) is 41.1 Å². The summed E-state index contributed by atoms with van der Waals surface area (Å²) in [4.78, 5) is 21.7. The van der Waals surface area contributed by atoms with Gasteiger partial charge in [-0.15, -0.1) is 0 Å². The standard InChI is InChI=1S/C10H20N2O3S/c1-7(16-2)5-6-12-10(15)8(11)3-4-9(13)14/h7-8H,3-6,11H2,1-2H3,(H,12,15)(H,13,14). The maximum absolute atomic E-state index is 11.4. The number of amides is 1. The van der Waals surface area contributed by atoms with Gasteiger partial charge in [-0.2, -0.15) is 11.8 Å². The summed E-state index contributed by atoms with van der Waals surface area (Å²) in [6.07, 6.45) is 3.01. The van der Waals surface area contributed by atoms with Crippen LogP contribution in [0.5, 0.6) is 0 Å². The van der Waals surface area contributed by atoms with E-state index in [1.165, 1.54) is 0 Å². The molecule has 0 radical (unpaired) electrons. The van der Waals surface area contributed by atoms with Crippen LogP contribution in [0.3, 0.4) is 0 Å². The molecule has 0 rings (SSSR count). The van der Waals surface area contributed by atoms with Crippen molar-refractivity contribution in [3.8, 4) is 0 Å². The second-order valence-electron chi connectivity index (χ2n) is 3.66. The highest BCUT2D eigenvalue weighted by molar-refractivity contribution is 7.99. The number of nitrogens with one attached hydrogen (secondary N) is 1. The molecule has 1 amide bonds. The Kier molecular flexibility index (Phi) is 8.01. The second-order valence-corrected chi connectivity index (χ2v) is 4.94. The molecule has 0 bridgehead atoms. The Bertz CT molecular complexity index is 236. The van der Waals surface area contributed by atoms with Crippen LogP contribution in [0, 0.1) is 0 Å². The summed E-state index contributed by atoms with van der Waals surface area (Å²) in [7, 11) is 0. The largest absolute Gasteiger partial charge is 0.481 e. The molecule has 0 aliphatic rings.